The van der Waals surface area contributed by atoms with Crippen LogP contribution >= 0.6 is 11.8 Å². The van der Waals surface area contributed by atoms with Crippen molar-refractivity contribution in [2.24, 2.45) is 0 Å². The number of β-amino-alcohol motifs (C(OH)–C–C–N with tert-alkyl or cyclic N) is 1. The number of nitrogens with one attached hydrogen (secondary N) is 1. The average Bonchev–Trinajstić information content (AvgIpc) is 3.07. The fraction of sp³-hybridized carbons (Fsp3) is 0.412. The number of aliphatic hydroxyl groups is 1. The molecule has 0 spiro atoms. The fourth-order valence-electron chi connectivity index (χ4n) is 2.76. The molecule has 1 saturated heterocycles. The molecular formula is C17H20N4O4S. The second-order valence-electron chi connectivity index (χ2n) is 6.02. The minimum absolute atomic E-state index is 0.114. The first-order valence-electron chi connectivity index (χ1n) is 8.27. The first-order valence-corrected chi connectivity index (χ1v) is 9.26. The number of likely N-dealkylation sites (tertiary alicyclic amines) is 1. The number of nitrogens with zero attached hydrogens (tertiary/aromatic N) is 3. The molecule has 0 aliphatic carbocycles. The molecule has 2 amide bonds. The van der Waals surface area contributed by atoms with Gasteiger partial charge in [0.1, 0.15) is 0 Å². The van der Waals surface area contributed by atoms with Crippen molar-refractivity contribution in [3.05, 3.63) is 41.8 Å². The van der Waals surface area contributed by atoms with E-state index in [4.69, 9.17) is 4.42 Å². The summed E-state index contributed by atoms with van der Waals surface area (Å²) >= 11 is 1.14. The first-order chi connectivity index (χ1) is 12.5. The van der Waals surface area contributed by atoms with E-state index >= 15 is 0 Å². The molecule has 9 heteroatoms. The number of aryl methyl sites for hydroxylation is 1. The van der Waals surface area contributed by atoms with E-state index in [0.29, 0.717) is 29.6 Å². The molecular weight excluding hydrogens is 356 g/mol. The van der Waals surface area contributed by atoms with Gasteiger partial charge in [-0.2, -0.15) is 0 Å². The highest BCUT2D eigenvalue weighted by atomic mass is 32.2. The van der Waals surface area contributed by atoms with Crippen LogP contribution in [0.2, 0.25) is 0 Å². The predicted molar refractivity (Wildman–Crippen MR) is 94.7 cm³/mol. The van der Waals surface area contributed by atoms with Gasteiger partial charge in [-0.1, -0.05) is 30.0 Å². The number of carbonyl (C=O) groups excluding carboxylic acids is 2. The van der Waals surface area contributed by atoms with Crippen molar-refractivity contribution in [1.82, 2.24) is 20.4 Å². The Balaban J connectivity index is 1.47. The van der Waals surface area contributed by atoms with Crippen molar-refractivity contribution >= 4 is 23.6 Å². The Morgan fingerprint density at radius 3 is 2.77 bits per heavy atom. The Kier molecular flexibility index (Phi) is 5.89. The quantitative estimate of drug-likeness (QED) is 0.745. The van der Waals surface area contributed by atoms with Crippen molar-refractivity contribution in [3.63, 3.8) is 0 Å². The summed E-state index contributed by atoms with van der Waals surface area (Å²) in [7, 11) is 0. The summed E-state index contributed by atoms with van der Waals surface area (Å²) in [4.78, 5) is 26.1. The van der Waals surface area contributed by atoms with E-state index < -0.39 is 6.10 Å². The minimum Gasteiger partial charge on any atom is -0.416 e. The summed E-state index contributed by atoms with van der Waals surface area (Å²) in [5, 5.41) is 21.0. The maximum atomic E-state index is 12.4. The second kappa shape index (κ2) is 8.33. The molecule has 8 nitrogen and oxygen atoms in total. The van der Waals surface area contributed by atoms with Gasteiger partial charge in [-0.15, -0.1) is 10.2 Å². The molecule has 138 valence electrons. The van der Waals surface area contributed by atoms with Gasteiger partial charge < -0.3 is 19.7 Å². The van der Waals surface area contributed by atoms with Crippen LogP contribution in [0.25, 0.3) is 0 Å². The maximum absolute atomic E-state index is 12.4. The summed E-state index contributed by atoms with van der Waals surface area (Å²) in [6.45, 7) is 2.35. The highest BCUT2D eigenvalue weighted by Gasteiger charge is 2.31. The molecule has 0 bridgehead atoms. The third kappa shape index (κ3) is 4.61. The molecule has 0 unspecified atom stereocenters. The molecule has 26 heavy (non-hydrogen) atoms. The average molecular weight is 376 g/mol. The molecule has 1 aromatic heterocycles. The molecule has 0 saturated carbocycles. The monoisotopic (exact) mass is 376 g/mol. The van der Waals surface area contributed by atoms with Gasteiger partial charge >= 0.3 is 0 Å². The summed E-state index contributed by atoms with van der Waals surface area (Å²) < 4.78 is 5.19. The summed E-state index contributed by atoms with van der Waals surface area (Å²) in [5.74, 6) is 0.227. The number of piperidine rings is 1. The number of amides is 2. The smallest absolute Gasteiger partial charge is 0.277 e. The Hall–Kier alpha value is -2.39. The zero-order valence-electron chi connectivity index (χ0n) is 14.3. The van der Waals surface area contributed by atoms with E-state index in [-0.39, 0.29) is 30.2 Å². The van der Waals surface area contributed by atoms with E-state index in [1.807, 2.05) is 6.07 Å². The Labute approximate surface area is 155 Å². The molecule has 1 aliphatic rings. The largest absolute Gasteiger partial charge is 0.416 e. The van der Waals surface area contributed by atoms with Crippen LogP contribution in [0.1, 0.15) is 22.7 Å². The SMILES string of the molecule is Cc1nnc(SCC(=O)N[C@@H]2CCN(C(=O)c3ccccc3)C[C@H]2O)o1. The van der Waals surface area contributed by atoms with Crippen LogP contribution in [-0.2, 0) is 4.79 Å². The lowest BCUT2D eigenvalue weighted by Gasteiger charge is -2.36. The minimum atomic E-state index is -0.809. The van der Waals surface area contributed by atoms with E-state index in [9.17, 15) is 14.7 Å². The summed E-state index contributed by atoms with van der Waals surface area (Å²) in [6.07, 6.45) is -0.313. The number of hydrogen-bond donors (Lipinski definition) is 2. The van der Waals surface area contributed by atoms with Crippen LogP contribution in [0, 0.1) is 6.92 Å². The number of carbonyl (C=O) groups is 2. The zero-order valence-corrected chi connectivity index (χ0v) is 15.1. The van der Waals surface area contributed by atoms with Crippen molar-refractivity contribution in [2.75, 3.05) is 18.8 Å². The van der Waals surface area contributed by atoms with Crippen molar-refractivity contribution in [1.29, 1.82) is 0 Å². The second-order valence-corrected chi connectivity index (χ2v) is 6.95. The van der Waals surface area contributed by atoms with Gasteiger partial charge in [0.2, 0.25) is 11.8 Å². The highest BCUT2D eigenvalue weighted by molar-refractivity contribution is 7.99. The van der Waals surface area contributed by atoms with E-state index in [1.165, 1.54) is 0 Å². The van der Waals surface area contributed by atoms with Gasteiger partial charge in [-0.25, -0.2) is 0 Å². The Bertz CT molecular complexity index is 767. The Morgan fingerprint density at radius 2 is 2.12 bits per heavy atom. The van der Waals surface area contributed by atoms with Crippen molar-refractivity contribution in [2.45, 2.75) is 30.7 Å². The standard InChI is InChI=1S/C17H20N4O4S/c1-11-19-20-17(25-11)26-10-15(23)18-13-7-8-21(9-14(13)22)16(24)12-5-3-2-4-6-12/h2-6,13-14,22H,7-10H2,1H3,(H,18,23)/t13-,14-/m1/s1. The lowest BCUT2D eigenvalue weighted by Crippen LogP contribution is -2.55. The van der Waals surface area contributed by atoms with Crippen LogP contribution in [0.5, 0.6) is 0 Å². The van der Waals surface area contributed by atoms with Gasteiger partial charge in [0, 0.05) is 25.6 Å². The molecule has 1 aliphatic heterocycles. The number of benzene rings is 1. The third-order valence-corrected chi connectivity index (χ3v) is 4.89. The number of thioether (sulfide) groups is 1. The molecule has 2 N–H and O–H groups in total. The van der Waals surface area contributed by atoms with Gasteiger partial charge in [0.05, 0.1) is 17.9 Å². The summed E-state index contributed by atoms with van der Waals surface area (Å²) in [5.41, 5.74) is 0.591. The van der Waals surface area contributed by atoms with Gasteiger partial charge in [-0.05, 0) is 18.6 Å². The molecule has 3 rings (SSSR count). The van der Waals surface area contributed by atoms with E-state index in [1.54, 1.807) is 36.1 Å². The fourth-order valence-corrected chi connectivity index (χ4v) is 3.38. The van der Waals surface area contributed by atoms with Crippen LogP contribution in [0.15, 0.2) is 40.0 Å². The Morgan fingerprint density at radius 1 is 1.35 bits per heavy atom. The summed E-state index contributed by atoms with van der Waals surface area (Å²) in [6, 6.07) is 8.57. The predicted octanol–water partition coefficient (Wildman–Crippen LogP) is 0.862. The van der Waals surface area contributed by atoms with Gasteiger partial charge in [-0.3, -0.25) is 9.59 Å². The number of aliphatic hydroxyl groups excluding tert-OH is 1. The third-order valence-electron chi connectivity index (χ3n) is 4.07. The lowest BCUT2D eigenvalue weighted by atomic mass is 10.0. The molecule has 2 aromatic rings. The molecule has 1 fully saturated rings. The zero-order chi connectivity index (χ0) is 18.5. The molecule has 2 heterocycles. The van der Waals surface area contributed by atoms with Gasteiger partial charge in [0.25, 0.3) is 11.1 Å². The first kappa shape index (κ1) is 18.4. The normalized spacial score (nSPS) is 20.0. The topological polar surface area (TPSA) is 109 Å². The van der Waals surface area contributed by atoms with Crippen LogP contribution < -0.4 is 5.32 Å². The maximum Gasteiger partial charge on any atom is 0.277 e. The van der Waals surface area contributed by atoms with E-state index in [0.717, 1.165) is 11.8 Å². The number of aromatic nitrogens is 2. The molecule has 2 atom stereocenters. The molecule has 0 radical (unpaired) electrons. The van der Waals surface area contributed by atoms with Gasteiger partial charge in [0.15, 0.2) is 0 Å². The number of rotatable bonds is 5. The van der Waals surface area contributed by atoms with Crippen molar-refractivity contribution < 1.29 is 19.1 Å². The number of hydrogen-bond acceptors (Lipinski definition) is 7. The highest BCUT2D eigenvalue weighted by Crippen LogP contribution is 2.17. The van der Waals surface area contributed by atoms with Crippen LogP contribution in [0.4, 0.5) is 0 Å². The van der Waals surface area contributed by atoms with Crippen LogP contribution in [-0.4, -0.2) is 63.0 Å². The lowest BCUT2D eigenvalue weighted by molar-refractivity contribution is -0.120. The molecule has 1 aromatic carbocycles. The van der Waals surface area contributed by atoms with E-state index in [2.05, 4.69) is 15.5 Å². The van der Waals surface area contributed by atoms with Crippen LogP contribution in [0.3, 0.4) is 0 Å². The van der Waals surface area contributed by atoms with Crippen molar-refractivity contribution in [3.8, 4) is 0 Å².